The second kappa shape index (κ2) is 6.56. The van der Waals surface area contributed by atoms with Gasteiger partial charge >= 0.3 is 0 Å². The Balaban J connectivity index is 1.51. The number of carbonyl (C=O) groups excluding carboxylic acids is 1. The highest BCUT2D eigenvalue weighted by Gasteiger charge is 2.40. The van der Waals surface area contributed by atoms with Crippen LogP contribution < -0.4 is 10.6 Å². The minimum absolute atomic E-state index is 0.00112. The fraction of sp³-hybridized carbons (Fsp3) is 0.450. The summed E-state index contributed by atoms with van der Waals surface area (Å²) >= 11 is 0. The van der Waals surface area contributed by atoms with Crippen molar-refractivity contribution in [3.63, 3.8) is 0 Å². The van der Waals surface area contributed by atoms with Gasteiger partial charge in [-0.2, -0.15) is 0 Å². The van der Waals surface area contributed by atoms with Gasteiger partial charge in [0.2, 0.25) is 0 Å². The number of hydrogen-bond donors (Lipinski definition) is 3. The summed E-state index contributed by atoms with van der Waals surface area (Å²) in [5, 5.41) is 6.48. The van der Waals surface area contributed by atoms with Crippen LogP contribution in [0.15, 0.2) is 36.4 Å². The lowest BCUT2D eigenvalue weighted by molar-refractivity contribution is 0.0216. The van der Waals surface area contributed by atoms with Crippen LogP contribution in [-0.4, -0.2) is 48.0 Å². The lowest BCUT2D eigenvalue weighted by Gasteiger charge is -2.49. The van der Waals surface area contributed by atoms with E-state index >= 15 is 0 Å². The van der Waals surface area contributed by atoms with E-state index in [1.165, 1.54) is 25.9 Å². The van der Waals surface area contributed by atoms with E-state index in [1.807, 2.05) is 37.4 Å². The van der Waals surface area contributed by atoms with Gasteiger partial charge in [-0.3, -0.25) is 9.69 Å². The maximum atomic E-state index is 12.8. The van der Waals surface area contributed by atoms with Crippen LogP contribution in [0.1, 0.15) is 30.3 Å². The Labute approximate surface area is 148 Å². The second-order valence-electron chi connectivity index (χ2n) is 7.19. The van der Waals surface area contributed by atoms with Crippen molar-refractivity contribution in [2.45, 2.75) is 31.8 Å². The lowest BCUT2D eigenvalue weighted by Crippen LogP contribution is -2.62. The number of para-hydroxylation sites is 1. The van der Waals surface area contributed by atoms with Gasteiger partial charge in [0.1, 0.15) is 5.69 Å². The van der Waals surface area contributed by atoms with E-state index in [9.17, 15) is 4.79 Å². The van der Waals surface area contributed by atoms with Gasteiger partial charge in [-0.1, -0.05) is 18.2 Å². The number of anilines is 1. The van der Waals surface area contributed by atoms with Crippen LogP contribution in [0.25, 0.3) is 11.3 Å². The number of aromatic nitrogens is 1. The van der Waals surface area contributed by atoms with Gasteiger partial charge in [0.15, 0.2) is 0 Å². The summed E-state index contributed by atoms with van der Waals surface area (Å²) in [5.41, 5.74) is 3.70. The van der Waals surface area contributed by atoms with Crippen LogP contribution in [0.3, 0.4) is 0 Å². The number of hydrogen-bond acceptors (Lipinski definition) is 3. The van der Waals surface area contributed by atoms with Gasteiger partial charge in [-0.05, 0) is 57.0 Å². The molecule has 0 saturated carbocycles. The fourth-order valence-electron chi connectivity index (χ4n) is 4.40. The monoisotopic (exact) mass is 338 g/mol. The molecular formula is C20H26N4O. The smallest absolute Gasteiger partial charge is 0.267 e. The average Bonchev–Trinajstić information content (AvgIpc) is 3.15. The maximum absolute atomic E-state index is 12.8. The fourth-order valence-corrected chi connectivity index (χ4v) is 4.40. The zero-order valence-electron chi connectivity index (χ0n) is 14.9. The standard InChI is InChI=1S/C20H26N4O/c1-13-19(14-9-11-24(13)12-10-14)23-20(25)18-8-7-17(22-18)15-5-3-4-6-16(15)21-2/h3-8,13-14,19,21-22H,9-12H2,1-2H3,(H,23,25)/t13-,19-/m0/s1. The van der Waals surface area contributed by atoms with Crippen LogP contribution in [0, 0.1) is 5.92 Å². The maximum Gasteiger partial charge on any atom is 0.267 e. The van der Waals surface area contributed by atoms with E-state index in [2.05, 4.69) is 33.5 Å². The summed E-state index contributed by atoms with van der Waals surface area (Å²) in [7, 11) is 1.91. The van der Waals surface area contributed by atoms with Crippen molar-refractivity contribution in [1.82, 2.24) is 15.2 Å². The highest BCUT2D eigenvalue weighted by molar-refractivity contribution is 5.94. The minimum atomic E-state index is -0.00112. The Morgan fingerprint density at radius 2 is 1.92 bits per heavy atom. The zero-order valence-corrected chi connectivity index (χ0v) is 14.9. The molecule has 3 aliphatic rings. The Morgan fingerprint density at radius 1 is 1.16 bits per heavy atom. The Bertz CT molecular complexity index is 759. The summed E-state index contributed by atoms with van der Waals surface area (Å²) in [6.07, 6.45) is 2.39. The molecule has 25 heavy (non-hydrogen) atoms. The average molecular weight is 338 g/mol. The Hall–Kier alpha value is -2.27. The van der Waals surface area contributed by atoms with Crippen LogP contribution in [0.4, 0.5) is 5.69 Å². The summed E-state index contributed by atoms with van der Waals surface area (Å²) in [5.74, 6) is 0.613. The molecule has 132 valence electrons. The first kappa shape index (κ1) is 16.2. The number of nitrogens with zero attached hydrogens (tertiary/aromatic N) is 1. The molecule has 2 aromatic rings. The van der Waals surface area contributed by atoms with Crippen LogP contribution in [-0.2, 0) is 0 Å². The molecular weight excluding hydrogens is 312 g/mol. The quantitative estimate of drug-likeness (QED) is 0.803. The third-order valence-corrected chi connectivity index (χ3v) is 5.89. The van der Waals surface area contributed by atoms with Crippen molar-refractivity contribution < 1.29 is 4.79 Å². The molecule has 5 rings (SSSR count). The number of amides is 1. The van der Waals surface area contributed by atoms with Gasteiger partial charge < -0.3 is 15.6 Å². The van der Waals surface area contributed by atoms with Crippen LogP contribution >= 0.6 is 0 Å². The second-order valence-corrected chi connectivity index (χ2v) is 7.19. The third-order valence-electron chi connectivity index (χ3n) is 5.89. The largest absolute Gasteiger partial charge is 0.388 e. The number of fused-ring (bicyclic) bond motifs is 3. The van der Waals surface area contributed by atoms with Gasteiger partial charge in [0.25, 0.3) is 5.91 Å². The van der Waals surface area contributed by atoms with Crippen LogP contribution in [0.2, 0.25) is 0 Å². The molecule has 1 aromatic carbocycles. The van der Waals surface area contributed by atoms with Gasteiger partial charge in [0, 0.05) is 36.1 Å². The van der Waals surface area contributed by atoms with Gasteiger partial charge in [-0.15, -0.1) is 0 Å². The molecule has 0 spiro atoms. The topological polar surface area (TPSA) is 60.2 Å². The molecule has 1 amide bonds. The summed E-state index contributed by atoms with van der Waals surface area (Å²) in [6, 6.07) is 12.6. The van der Waals surface area contributed by atoms with E-state index in [0.29, 0.717) is 17.7 Å². The molecule has 3 aliphatic heterocycles. The zero-order chi connectivity index (χ0) is 17.4. The number of nitrogens with one attached hydrogen (secondary N) is 3. The predicted molar refractivity (Wildman–Crippen MR) is 101 cm³/mol. The predicted octanol–water partition coefficient (Wildman–Crippen LogP) is 2.94. The van der Waals surface area contributed by atoms with Crippen molar-refractivity contribution in [2.24, 2.45) is 5.92 Å². The van der Waals surface area contributed by atoms with Crippen molar-refractivity contribution in [1.29, 1.82) is 0 Å². The number of carbonyl (C=O) groups is 1. The number of aromatic amines is 1. The molecule has 3 N–H and O–H groups in total. The highest BCUT2D eigenvalue weighted by atomic mass is 16.2. The summed E-state index contributed by atoms with van der Waals surface area (Å²) in [4.78, 5) is 18.5. The third kappa shape index (κ3) is 2.93. The lowest BCUT2D eigenvalue weighted by atomic mass is 9.79. The van der Waals surface area contributed by atoms with E-state index in [1.54, 1.807) is 0 Å². The molecule has 3 fully saturated rings. The Kier molecular flexibility index (Phi) is 4.25. The molecule has 5 heteroatoms. The number of H-pyrrole nitrogens is 1. The van der Waals surface area contributed by atoms with E-state index in [-0.39, 0.29) is 11.9 Å². The molecule has 4 heterocycles. The van der Waals surface area contributed by atoms with Crippen molar-refractivity contribution >= 4 is 11.6 Å². The molecule has 1 aromatic heterocycles. The highest BCUT2D eigenvalue weighted by Crippen LogP contribution is 2.32. The normalized spacial score (nSPS) is 27.9. The minimum Gasteiger partial charge on any atom is -0.388 e. The summed E-state index contributed by atoms with van der Waals surface area (Å²) in [6.45, 7) is 4.58. The van der Waals surface area contributed by atoms with Crippen molar-refractivity contribution in [3.8, 4) is 11.3 Å². The first-order valence-corrected chi connectivity index (χ1v) is 9.18. The van der Waals surface area contributed by atoms with Gasteiger partial charge in [-0.25, -0.2) is 0 Å². The molecule has 3 saturated heterocycles. The van der Waals surface area contributed by atoms with E-state index in [0.717, 1.165) is 16.9 Å². The molecule has 0 aliphatic carbocycles. The van der Waals surface area contributed by atoms with Crippen molar-refractivity contribution in [2.75, 3.05) is 25.5 Å². The molecule has 0 radical (unpaired) electrons. The molecule has 0 unspecified atom stereocenters. The van der Waals surface area contributed by atoms with E-state index in [4.69, 9.17) is 0 Å². The molecule has 2 atom stereocenters. The van der Waals surface area contributed by atoms with Crippen molar-refractivity contribution in [3.05, 3.63) is 42.1 Å². The number of rotatable bonds is 4. The molecule has 5 nitrogen and oxygen atoms in total. The Morgan fingerprint density at radius 3 is 2.64 bits per heavy atom. The van der Waals surface area contributed by atoms with E-state index < -0.39 is 0 Å². The van der Waals surface area contributed by atoms with Gasteiger partial charge in [0.05, 0.1) is 0 Å². The first-order valence-electron chi connectivity index (χ1n) is 9.18. The molecule has 2 bridgehead atoms. The SMILES string of the molecule is CNc1ccccc1-c1ccc(C(=O)N[C@@H]2C3CCN(CC3)[C@H]2C)[nH]1. The number of benzene rings is 1. The van der Waals surface area contributed by atoms with Crippen LogP contribution in [0.5, 0.6) is 0 Å². The number of piperidine rings is 3. The summed E-state index contributed by atoms with van der Waals surface area (Å²) < 4.78 is 0. The first-order chi connectivity index (χ1) is 12.2.